The van der Waals surface area contributed by atoms with Crippen molar-refractivity contribution in [1.82, 2.24) is 9.97 Å². The zero-order chi connectivity index (χ0) is 24.4. The lowest BCUT2D eigenvalue weighted by Gasteiger charge is -2.39. The van der Waals surface area contributed by atoms with Gasteiger partial charge >= 0.3 is 12.4 Å². The molecule has 0 saturated heterocycles. The number of hydrogen-bond acceptors (Lipinski definition) is 5. The zero-order valence-electron chi connectivity index (χ0n) is 16.9. The summed E-state index contributed by atoms with van der Waals surface area (Å²) in [6.07, 6.45) is -9.79. The van der Waals surface area contributed by atoms with E-state index in [9.17, 15) is 40.7 Å². The Morgan fingerprint density at radius 2 is 1.06 bits per heavy atom. The van der Waals surface area contributed by atoms with Crippen LogP contribution in [0.15, 0.2) is 49.1 Å². The van der Waals surface area contributed by atoms with Gasteiger partial charge in [-0.3, -0.25) is 24.4 Å². The van der Waals surface area contributed by atoms with E-state index in [0.29, 0.717) is 0 Å². The number of nitrogens with zero attached hydrogens (tertiary/aromatic N) is 2. The summed E-state index contributed by atoms with van der Waals surface area (Å²) in [5, 5.41) is 0. The van der Waals surface area contributed by atoms with Crippen LogP contribution in [0.5, 0.6) is 0 Å². The Labute approximate surface area is 178 Å². The Kier molecular flexibility index (Phi) is 6.91. The maximum absolute atomic E-state index is 14.0. The molecule has 0 amide bonds. The molecule has 2 atom stereocenters. The van der Waals surface area contributed by atoms with Crippen molar-refractivity contribution in [3.63, 3.8) is 0 Å². The molecule has 0 radical (unpaired) electrons. The van der Waals surface area contributed by atoms with E-state index in [1.54, 1.807) is 0 Å². The molecule has 0 N–H and O–H groups in total. The Hall–Kier alpha value is -3.11. The molecule has 0 fully saturated rings. The number of carbonyl (C=O) groups is 3. The second-order valence-corrected chi connectivity index (χ2v) is 7.67. The first-order valence-corrected chi connectivity index (χ1v) is 9.18. The van der Waals surface area contributed by atoms with Gasteiger partial charge in [0.15, 0.2) is 17.3 Å². The highest BCUT2D eigenvalue weighted by molar-refractivity contribution is 6.04. The lowest BCUT2D eigenvalue weighted by atomic mass is 9.65. The van der Waals surface area contributed by atoms with Crippen LogP contribution in [0, 0.1) is 10.8 Å². The standard InChI is InChI=1S/C21H18F6N2O3/c1-18(20(22,23)24,9-15(30)13-5-3-7-28-11-13)17(32)19(2,21(25,26)27)10-16(31)14-6-4-8-29-12-14/h3-8,11-12H,9-10H2,1-2H3. The quantitative estimate of drug-likeness (QED) is 0.408. The maximum Gasteiger partial charge on any atom is 0.401 e. The van der Waals surface area contributed by atoms with Crippen LogP contribution in [0.4, 0.5) is 26.3 Å². The van der Waals surface area contributed by atoms with E-state index in [4.69, 9.17) is 0 Å². The number of hydrogen-bond donors (Lipinski definition) is 0. The fourth-order valence-electron chi connectivity index (χ4n) is 3.13. The minimum Gasteiger partial charge on any atom is -0.298 e. The third-order valence-corrected chi connectivity index (χ3v) is 5.25. The molecule has 2 aromatic rings. The third kappa shape index (κ3) is 4.86. The van der Waals surface area contributed by atoms with Crippen LogP contribution in [0.1, 0.15) is 47.4 Å². The molecule has 5 nitrogen and oxygen atoms in total. The van der Waals surface area contributed by atoms with Crippen LogP contribution in [0.3, 0.4) is 0 Å². The minimum atomic E-state index is -5.51. The SMILES string of the molecule is CC(CC(=O)c1cccnc1)(C(=O)C(C)(CC(=O)c1cccnc1)C(F)(F)F)C(F)(F)F. The van der Waals surface area contributed by atoms with Crippen molar-refractivity contribution in [2.24, 2.45) is 10.8 Å². The summed E-state index contributed by atoms with van der Waals surface area (Å²) in [4.78, 5) is 44.9. The van der Waals surface area contributed by atoms with Gasteiger partial charge in [0.25, 0.3) is 0 Å². The number of aromatic nitrogens is 2. The number of rotatable bonds is 8. The lowest BCUT2D eigenvalue weighted by Crippen LogP contribution is -2.56. The number of Topliss-reactive ketones (excluding diaryl/α,β-unsaturated/α-hetero) is 3. The van der Waals surface area contributed by atoms with Gasteiger partial charge in [-0.25, -0.2) is 0 Å². The summed E-state index contributed by atoms with van der Waals surface area (Å²) < 4.78 is 83.8. The molecule has 2 aromatic heterocycles. The summed E-state index contributed by atoms with van der Waals surface area (Å²) in [7, 11) is 0. The van der Waals surface area contributed by atoms with Gasteiger partial charge < -0.3 is 0 Å². The van der Waals surface area contributed by atoms with Crippen molar-refractivity contribution >= 4 is 17.3 Å². The average Bonchev–Trinajstić information content (AvgIpc) is 2.72. The molecule has 0 aliphatic heterocycles. The third-order valence-electron chi connectivity index (χ3n) is 5.25. The molecule has 0 saturated carbocycles. The molecule has 0 aliphatic carbocycles. The first kappa shape index (κ1) is 25.2. The van der Waals surface area contributed by atoms with E-state index in [2.05, 4.69) is 9.97 Å². The molecule has 2 heterocycles. The van der Waals surface area contributed by atoms with Crippen LogP contribution in [-0.2, 0) is 4.79 Å². The van der Waals surface area contributed by atoms with Gasteiger partial charge in [-0.15, -0.1) is 0 Å². The van der Waals surface area contributed by atoms with E-state index in [-0.39, 0.29) is 25.0 Å². The molecule has 0 aliphatic rings. The van der Waals surface area contributed by atoms with Crippen molar-refractivity contribution in [2.45, 2.75) is 39.0 Å². The summed E-state index contributed by atoms with van der Waals surface area (Å²) in [6.45, 7) is 0.476. The Bertz CT molecular complexity index is 913. The fraction of sp³-hybridized carbons (Fsp3) is 0.381. The number of halogens is 6. The van der Waals surface area contributed by atoms with Gasteiger partial charge in [0.05, 0.1) is 0 Å². The van der Waals surface area contributed by atoms with Crippen LogP contribution in [0.2, 0.25) is 0 Å². The summed E-state index contributed by atoms with van der Waals surface area (Å²) >= 11 is 0. The van der Waals surface area contributed by atoms with Crippen molar-refractivity contribution < 1.29 is 40.7 Å². The highest BCUT2D eigenvalue weighted by atomic mass is 19.4. The van der Waals surface area contributed by atoms with E-state index in [0.717, 1.165) is 24.5 Å². The Balaban J connectivity index is 2.51. The van der Waals surface area contributed by atoms with E-state index >= 15 is 0 Å². The number of alkyl halides is 6. The van der Waals surface area contributed by atoms with E-state index in [1.165, 1.54) is 24.5 Å². The molecular formula is C21H18F6N2O3. The second kappa shape index (κ2) is 8.79. The predicted molar refractivity (Wildman–Crippen MR) is 99.7 cm³/mol. The minimum absolute atomic E-state index is 0.238. The molecule has 2 unspecified atom stereocenters. The monoisotopic (exact) mass is 460 g/mol. The van der Waals surface area contributed by atoms with E-state index in [1.807, 2.05) is 0 Å². The van der Waals surface area contributed by atoms with Gasteiger partial charge in [-0.1, -0.05) is 0 Å². The van der Waals surface area contributed by atoms with Crippen molar-refractivity contribution in [3.8, 4) is 0 Å². The van der Waals surface area contributed by atoms with Crippen LogP contribution in [0.25, 0.3) is 0 Å². The normalized spacial score (nSPS) is 16.0. The highest BCUT2D eigenvalue weighted by Gasteiger charge is 2.68. The first-order valence-electron chi connectivity index (χ1n) is 9.18. The fourth-order valence-corrected chi connectivity index (χ4v) is 3.13. The van der Waals surface area contributed by atoms with Gasteiger partial charge in [0.2, 0.25) is 0 Å². The molecular weight excluding hydrogens is 442 g/mol. The molecule has 11 heteroatoms. The van der Waals surface area contributed by atoms with Gasteiger partial charge in [-0.05, 0) is 38.1 Å². The average molecular weight is 460 g/mol. The number of carbonyl (C=O) groups excluding carboxylic acids is 3. The smallest absolute Gasteiger partial charge is 0.298 e. The topological polar surface area (TPSA) is 77.0 Å². The van der Waals surface area contributed by atoms with Gasteiger partial charge in [0, 0.05) is 48.8 Å². The molecule has 172 valence electrons. The maximum atomic E-state index is 14.0. The van der Waals surface area contributed by atoms with Crippen molar-refractivity contribution in [3.05, 3.63) is 60.2 Å². The number of ketones is 3. The largest absolute Gasteiger partial charge is 0.401 e. The predicted octanol–water partition coefficient (Wildman–Crippen LogP) is 5.03. The first-order chi connectivity index (χ1) is 14.6. The molecule has 0 bridgehead atoms. The lowest BCUT2D eigenvalue weighted by molar-refractivity contribution is -0.246. The molecule has 2 rings (SSSR count). The molecule has 0 aromatic carbocycles. The molecule has 0 spiro atoms. The Morgan fingerprint density at radius 3 is 1.31 bits per heavy atom. The van der Waals surface area contributed by atoms with Crippen molar-refractivity contribution in [1.29, 1.82) is 0 Å². The van der Waals surface area contributed by atoms with Crippen LogP contribution < -0.4 is 0 Å². The molecule has 32 heavy (non-hydrogen) atoms. The summed E-state index contributed by atoms with van der Waals surface area (Å²) in [5.74, 6) is -4.75. The van der Waals surface area contributed by atoms with Gasteiger partial charge in [-0.2, -0.15) is 26.3 Å². The van der Waals surface area contributed by atoms with Crippen LogP contribution >= 0.6 is 0 Å². The van der Waals surface area contributed by atoms with Crippen molar-refractivity contribution in [2.75, 3.05) is 0 Å². The van der Waals surface area contributed by atoms with Crippen LogP contribution in [-0.4, -0.2) is 39.7 Å². The summed E-state index contributed by atoms with van der Waals surface area (Å²) in [6, 6.07) is 4.77. The highest BCUT2D eigenvalue weighted by Crippen LogP contribution is 2.52. The van der Waals surface area contributed by atoms with Gasteiger partial charge in [0.1, 0.15) is 10.8 Å². The zero-order valence-corrected chi connectivity index (χ0v) is 16.9. The Morgan fingerprint density at radius 1 is 0.719 bits per heavy atom. The van der Waals surface area contributed by atoms with E-state index < -0.39 is 53.4 Å². The summed E-state index contributed by atoms with van der Waals surface area (Å²) in [5.41, 5.74) is -8.01. The number of pyridine rings is 2. The second-order valence-electron chi connectivity index (χ2n) is 7.67.